The first-order valence-electron chi connectivity index (χ1n) is 7.53. The van der Waals surface area contributed by atoms with Crippen LogP contribution < -0.4 is 5.32 Å². The molecule has 0 unspecified atom stereocenters. The minimum atomic E-state index is -3.34. The third-order valence-electron chi connectivity index (χ3n) is 3.89. The Morgan fingerprint density at radius 2 is 2.17 bits per heavy atom. The number of nitrogens with zero attached hydrogens (tertiary/aromatic N) is 3. The molecule has 0 aromatic carbocycles. The zero-order valence-electron chi connectivity index (χ0n) is 13.9. The van der Waals surface area contributed by atoms with Gasteiger partial charge in [-0.05, 0) is 13.8 Å². The largest absolute Gasteiger partial charge is 0.379 e. The van der Waals surface area contributed by atoms with Crippen molar-refractivity contribution in [3.8, 4) is 0 Å². The van der Waals surface area contributed by atoms with E-state index < -0.39 is 10.0 Å². The molecule has 2 atom stereocenters. The summed E-state index contributed by atoms with van der Waals surface area (Å²) in [6.07, 6.45) is 3.19. The molecule has 9 heteroatoms. The van der Waals surface area contributed by atoms with E-state index in [1.165, 1.54) is 24.6 Å². The van der Waals surface area contributed by atoms with Crippen molar-refractivity contribution in [2.24, 2.45) is 5.92 Å². The molecule has 1 N–H and O–H groups in total. The lowest BCUT2D eigenvalue weighted by atomic mass is 10.1. The molecule has 23 heavy (non-hydrogen) atoms. The van der Waals surface area contributed by atoms with E-state index in [0.29, 0.717) is 18.8 Å². The summed E-state index contributed by atoms with van der Waals surface area (Å²) in [5.74, 6) is -0.568. The van der Waals surface area contributed by atoms with Gasteiger partial charge in [0.25, 0.3) is 5.91 Å². The molecule has 1 amide bonds. The van der Waals surface area contributed by atoms with Crippen molar-refractivity contribution in [1.82, 2.24) is 19.4 Å². The molecule has 1 aliphatic rings. The molecular formula is C14H24N4O4S. The van der Waals surface area contributed by atoms with E-state index in [1.807, 2.05) is 13.8 Å². The molecule has 1 aliphatic heterocycles. The number of hydrogen-bond acceptors (Lipinski definition) is 5. The van der Waals surface area contributed by atoms with Crippen LogP contribution in [0.1, 0.15) is 30.2 Å². The fourth-order valence-corrected chi connectivity index (χ4v) is 3.50. The summed E-state index contributed by atoms with van der Waals surface area (Å²) in [7, 11) is -0.338. The molecule has 0 saturated carbocycles. The van der Waals surface area contributed by atoms with Gasteiger partial charge < -0.3 is 10.1 Å². The SMILES string of the molecule is CC(C)n1cc(C(=O)N[C@@H]2COC[C@H]2CS(=O)(=O)N(C)C)cn1. The highest BCUT2D eigenvalue weighted by molar-refractivity contribution is 7.89. The average Bonchev–Trinajstić information content (AvgIpc) is 3.08. The summed E-state index contributed by atoms with van der Waals surface area (Å²) < 4.78 is 32.3. The molecular weight excluding hydrogens is 320 g/mol. The molecule has 8 nitrogen and oxygen atoms in total. The molecule has 0 bridgehead atoms. The second-order valence-corrected chi connectivity index (χ2v) is 8.47. The Kier molecular flexibility index (Phi) is 5.43. The van der Waals surface area contributed by atoms with Crippen molar-refractivity contribution in [2.45, 2.75) is 25.9 Å². The van der Waals surface area contributed by atoms with Gasteiger partial charge >= 0.3 is 0 Å². The van der Waals surface area contributed by atoms with Crippen LogP contribution >= 0.6 is 0 Å². The molecule has 1 aromatic heterocycles. The van der Waals surface area contributed by atoms with Crippen molar-refractivity contribution in [3.63, 3.8) is 0 Å². The highest BCUT2D eigenvalue weighted by Crippen LogP contribution is 2.18. The third-order valence-corrected chi connectivity index (χ3v) is 5.85. The van der Waals surface area contributed by atoms with Crippen LogP contribution in [0.5, 0.6) is 0 Å². The minimum absolute atomic E-state index is 0.0454. The maximum absolute atomic E-state index is 12.3. The van der Waals surface area contributed by atoms with Gasteiger partial charge in [0.05, 0.1) is 36.8 Å². The molecule has 0 radical (unpaired) electrons. The van der Waals surface area contributed by atoms with Crippen molar-refractivity contribution < 1.29 is 17.9 Å². The quantitative estimate of drug-likeness (QED) is 0.790. The zero-order valence-corrected chi connectivity index (χ0v) is 14.7. The summed E-state index contributed by atoms with van der Waals surface area (Å²) in [5.41, 5.74) is 0.458. The molecule has 1 aromatic rings. The molecule has 130 valence electrons. The van der Waals surface area contributed by atoms with Crippen molar-refractivity contribution >= 4 is 15.9 Å². The second kappa shape index (κ2) is 6.98. The standard InChI is InChI=1S/C14H24N4O4S/c1-10(2)18-6-11(5-15-18)14(19)16-13-8-22-7-12(13)9-23(20,21)17(3)4/h5-6,10,12-13H,7-9H2,1-4H3,(H,16,19)/t12-,13+/m0/s1. The number of nitrogens with one attached hydrogen (secondary N) is 1. The summed E-state index contributed by atoms with van der Waals surface area (Å²) in [6, 6.07) is -0.149. The predicted octanol–water partition coefficient (Wildman–Crippen LogP) is 0.100. The summed E-state index contributed by atoms with van der Waals surface area (Å²) in [4.78, 5) is 12.3. The van der Waals surface area contributed by atoms with Crippen molar-refractivity contribution in [1.29, 1.82) is 0 Å². The molecule has 0 aliphatic carbocycles. The first-order chi connectivity index (χ1) is 10.7. The van der Waals surface area contributed by atoms with E-state index in [-0.39, 0.29) is 29.7 Å². The summed E-state index contributed by atoms with van der Waals surface area (Å²) >= 11 is 0. The highest BCUT2D eigenvalue weighted by Gasteiger charge is 2.34. The van der Waals surface area contributed by atoms with Crippen molar-refractivity contribution in [2.75, 3.05) is 33.1 Å². The molecule has 0 spiro atoms. The van der Waals surface area contributed by atoms with E-state index in [9.17, 15) is 13.2 Å². The van der Waals surface area contributed by atoms with E-state index in [2.05, 4.69) is 10.4 Å². The molecule has 2 rings (SSSR count). The van der Waals surface area contributed by atoms with Gasteiger partial charge in [-0.25, -0.2) is 12.7 Å². The Bertz CT molecular complexity index is 653. The topological polar surface area (TPSA) is 93.5 Å². The number of ether oxygens (including phenoxy) is 1. The highest BCUT2D eigenvalue weighted by atomic mass is 32.2. The van der Waals surface area contributed by atoms with Crippen LogP contribution in [0.3, 0.4) is 0 Å². The number of amides is 1. The van der Waals surface area contributed by atoms with Gasteiger partial charge in [-0.1, -0.05) is 0 Å². The molecule has 2 heterocycles. The maximum Gasteiger partial charge on any atom is 0.254 e. The van der Waals surface area contributed by atoms with E-state index in [4.69, 9.17) is 4.74 Å². The first-order valence-corrected chi connectivity index (χ1v) is 9.14. The van der Waals surface area contributed by atoms with Gasteiger partial charge in [0.1, 0.15) is 0 Å². The Morgan fingerprint density at radius 1 is 1.48 bits per heavy atom. The van der Waals surface area contributed by atoms with Crippen LogP contribution in [0, 0.1) is 5.92 Å². The van der Waals surface area contributed by atoms with Crippen LogP contribution in [-0.4, -0.2) is 67.5 Å². The van der Waals surface area contributed by atoms with Crippen LogP contribution in [0.2, 0.25) is 0 Å². The summed E-state index contributed by atoms with van der Waals surface area (Å²) in [5, 5.41) is 6.99. The number of carbonyl (C=O) groups is 1. The van der Waals surface area contributed by atoms with Crippen LogP contribution in [0.15, 0.2) is 12.4 Å². The van der Waals surface area contributed by atoms with Gasteiger partial charge in [-0.15, -0.1) is 0 Å². The first kappa shape index (κ1) is 17.9. The van der Waals surface area contributed by atoms with E-state index in [1.54, 1.807) is 10.9 Å². The van der Waals surface area contributed by atoms with Gasteiger partial charge in [0.2, 0.25) is 10.0 Å². The Balaban J connectivity index is 2.01. The monoisotopic (exact) mass is 344 g/mol. The Morgan fingerprint density at radius 3 is 2.74 bits per heavy atom. The Labute approximate surface area is 136 Å². The van der Waals surface area contributed by atoms with Gasteiger partial charge in [-0.2, -0.15) is 5.10 Å². The fourth-order valence-electron chi connectivity index (χ4n) is 2.33. The fraction of sp³-hybridized carbons (Fsp3) is 0.714. The number of rotatable bonds is 6. The average molecular weight is 344 g/mol. The van der Waals surface area contributed by atoms with Crippen LogP contribution in [0.25, 0.3) is 0 Å². The number of carbonyl (C=O) groups excluding carboxylic acids is 1. The van der Waals surface area contributed by atoms with Gasteiger partial charge in [0, 0.05) is 32.3 Å². The lowest BCUT2D eigenvalue weighted by Gasteiger charge is -2.20. The second-order valence-electron chi connectivity index (χ2n) is 6.24. The van der Waals surface area contributed by atoms with Gasteiger partial charge in [-0.3, -0.25) is 9.48 Å². The lowest BCUT2D eigenvalue weighted by molar-refractivity contribution is 0.0926. The lowest BCUT2D eigenvalue weighted by Crippen LogP contribution is -2.43. The third kappa shape index (κ3) is 4.30. The van der Waals surface area contributed by atoms with Crippen LogP contribution in [-0.2, 0) is 14.8 Å². The maximum atomic E-state index is 12.3. The van der Waals surface area contributed by atoms with E-state index in [0.717, 1.165) is 0 Å². The normalized spacial score (nSPS) is 22.0. The van der Waals surface area contributed by atoms with Gasteiger partial charge in [0.15, 0.2) is 0 Å². The molecule has 1 saturated heterocycles. The minimum Gasteiger partial charge on any atom is -0.379 e. The summed E-state index contributed by atoms with van der Waals surface area (Å²) in [6.45, 7) is 4.59. The van der Waals surface area contributed by atoms with Crippen LogP contribution in [0.4, 0.5) is 0 Å². The number of sulfonamides is 1. The number of hydrogen-bond donors (Lipinski definition) is 1. The van der Waals surface area contributed by atoms with E-state index >= 15 is 0 Å². The predicted molar refractivity (Wildman–Crippen MR) is 85.6 cm³/mol. The van der Waals surface area contributed by atoms with Crippen molar-refractivity contribution in [3.05, 3.63) is 18.0 Å². The Hall–Kier alpha value is -1.45. The number of aromatic nitrogens is 2. The smallest absolute Gasteiger partial charge is 0.254 e. The zero-order chi connectivity index (χ0) is 17.2. The molecule has 1 fully saturated rings.